The molecule has 1 saturated heterocycles. The van der Waals surface area contributed by atoms with Crippen LogP contribution in [-0.4, -0.2) is 29.9 Å². The quantitative estimate of drug-likeness (QED) is 0.572. The Bertz CT molecular complexity index is 267. The predicted octanol–water partition coefficient (Wildman–Crippen LogP) is 2.46. The third-order valence-electron chi connectivity index (χ3n) is 4.56. The Morgan fingerprint density at radius 3 is 2.41 bits per heavy atom. The first-order valence-corrected chi connectivity index (χ1v) is 7.14. The van der Waals surface area contributed by atoms with Crippen LogP contribution in [0, 0.1) is 23.2 Å². The van der Waals surface area contributed by atoms with Gasteiger partial charge in [0.05, 0.1) is 5.84 Å². The Morgan fingerprint density at radius 1 is 1.18 bits per heavy atom. The number of piperidine rings is 1. The number of nitrogens with two attached hydrogens (primary N) is 1. The lowest BCUT2D eigenvalue weighted by molar-refractivity contribution is 0.0813. The maximum absolute atomic E-state index is 7.62. The first-order valence-electron chi connectivity index (χ1n) is 7.14. The molecule has 0 aromatic carbocycles. The van der Waals surface area contributed by atoms with Crippen LogP contribution in [0.2, 0.25) is 0 Å². The number of hydrogen-bond acceptors (Lipinski definition) is 2. The van der Waals surface area contributed by atoms with Gasteiger partial charge < -0.3 is 5.73 Å². The highest BCUT2D eigenvalue weighted by Crippen LogP contribution is 2.33. The van der Waals surface area contributed by atoms with E-state index in [0.717, 1.165) is 30.8 Å². The fourth-order valence-electron chi connectivity index (χ4n) is 3.79. The molecule has 2 fully saturated rings. The van der Waals surface area contributed by atoms with Crippen molar-refractivity contribution in [1.82, 2.24) is 4.90 Å². The highest BCUT2D eigenvalue weighted by Gasteiger charge is 2.31. The molecule has 0 radical (unpaired) electrons. The highest BCUT2D eigenvalue weighted by molar-refractivity contribution is 5.79. The van der Waals surface area contributed by atoms with Gasteiger partial charge in [-0.15, -0.1) is 0 Å². The van der Waals surface area contributed by atoms with Crippen LogP contribution in [0.4, 0.5) is 0 Å². The smallest absolute Gasteiger partial charge is 0.0949 e. The zero-order valence-electron chi connectivity index (χ0n) is 11.3. The molecule has 3 heteroatoms. The molecule has 1 aliphatic carbocycles. The summed E-state index contributed by atoms with van der Waals surface area (Å²) in [5.41, 5.74) is 5.67. The van der Waals surface area contributed by atoms with Gasteiger partial charge in [-0.2, -0.15) is 0 Å². The topological polar surface area (TPSA) is 53.1 Å². The van der Waals surface area contributed by atoms with Gasteiger partial charge in [-0.3, -0.25) is 10.3 Å². The average Bonchev–Trinajstić information content (AvgIpc) is 2.28. The van der Waals surface area contributed by atoms with E-state index in [9.17, 15) is 0 Å². The van der Waals surface area contributed by atoms with Crippen LogP contribution in [-0.2, 0) is 0 Å². The summed E-state index contributed by atoms with van der Waals surface area (Å²) in [6, 6.07) is 0.746. The molecule has 2 rings (SSSR count). The van der Waals surface area contributed by atoms with E-state index in [1.807, 2.05) is 0 Å². The van der Waals surface area contributed by atoms with Gasteiger partial charge in [0.15, 0.2) is 0 Å². The van der Waals surface area contributed by atoms with Gasteiger partial charge in [-0.05, 0) is 50.5 Å². The van der Waals surface area contributed by atoms with Gasteiger partial charge in [0, 0.05) is 18.5 Å². The Morgan fingerprint density at radius 2 is 1.82 bits per heavy atom. The van der Waals surface area contributed by atoms with Gasteiger partial charge in [0.25, 0.3) is 0 Å². The Balaban J connectivity index is 1.94. The van der Waals surface area contributed by atoms with Crippen LogP contribution in [0.3, 0.4) is 0 Å². The van der Waals surface area contributed by atoms with Crippen molar-refractivity contribution in [1.29, 1.82) is 5.41 Å². The van der Waals surface area contributed by atoms with Crippen molar-refractivity contribution in [3.05, 3.63) is 0 Å². The number of hydrogen-bond donors (Lipinski definition) is 2. The summed E-state index contributed by atoms with van der Waals surface area (Å²) >= 11 is 0. The zero-order valence-corrected chi connectivity index (χ0v) is 11.3. The Kier molecular flexibility index (Phi) is 4.08. The van der Waals surface area contributed by atoms with E-state index in [0.29, 0.717) is 11.8 Å². The summed E-state index contributed by atoms with van der Waals surface area (Å²) in [6.07, 6.45) is 6.40. The van der Waals surface area contributed by atoms with Crippen molar-refractivity contribution in [2.75, 3.05) is 13.1 Å². The normalized spacial score (nSPS) is 40.1. The number of amidine groups is 1. The van der Waals surface area contributed by atoms with Gasteiger partial charge in [0.2, 0.25) is 0 Å². The predicted molar refractivity (Wildman–Crippen MR) is 72.2 cm³/mol. The maximum atomic E-state index is 7.62. The molecular weight excluding hydrogens is 210 g/mol. The molecule has 0 amide bonds. The van der Waals surface area contributed by atoms with Gasteiger partial charge in [0.1, 0.15) is 0 Å². The van der Waals surface area contributed by atoms with Crippen LogP contribution >= 0.6 is 0 Å². The molecule has 1 saturated carbocycles. The fraction of sp³-hybridized carbons (Fsp3) is 0.929. The molecule has 2 aliphatic rings. The van der Waals surface area contributed by atoms with Crippen LogP contribution < -0.4 is 5.73 Å². The molecule has 3 atom stereocenters. The maximum Gasteiger partial charge on any atom is 0.0949 e. The third kappa shape index (κ3) is 3.21. The first-order chi connectivity index (χ1) is 8.06. The zero-order chi connectivity index (χ0) is 12.4. The van der Waals surface area contributed by atoms with Crippen molar-refractivity contribution in [2.45, 2.75) is 52.0 Å². The van der Waals surface area contributed by atoms with Crippen molar-refractivity contribution in [2.24, 2.45) is 23.5 Å². The minimum Gasteiger partial charge on any atom is -0.387 e. The summed E-state index contributed by atoms with van der Waals surface area (Å²) in [5, 5.41) is 7.62. The fourth-order valence-corrected chi connectivity index (χ4v) is 3.79. The lowest BCUT2D eigenvalue weighted by Gasteiger charge is -2.42. The van der Waals surface area contributed by atoms with E-state index >= 15 is 0 Å². The molecule has 0 aromatic heterocycles. The SMILES string of the molecule is CC1CC(C)CC(N2CCCC(C(=N)N)C2)C1. The molecule has 3 unspecified atom stereocenters. The minimum atomic E-state index is 0.316. The standard InChI is InChI=1S/C14H27N3/c1-10-6-11(2)8-13(7-10)17-5-3-4-12(9-17)14(15)16/h10-13H,3-9H2,1-2H3,(H3,15,16). The summed E-state index contributed by atoms with van der Waals surface area (Å²) in [4.78, 5) is 2.61. The third-order valence-corrected chi connectivity index (χ3v) is 4.56. The second-order valence-electron chi connectivity index (χ2n) is 6.36. The van der Waals surface area contributed by atoms with E-state index < -0.39 is 0 Å². The molecule has 98 valence electrons. The average molecular weight is 237 g/mol. The van der Waals surface area contributed by atoms with Crippen LogP contribution in [0.25, 0.3) is 0 Å². The molecular formula is C14H27N3. The van der Waals surface area contributed by atoms with Crippen molar-refractivity contribution in [3.63, 3.8) is 0 Å². The lowest BCUT2D eigenvalue weighted by Crippen LogP contribution is -2.48. The van der Waals surface area contributed by atoms with Crippen LogP contribution in [0.1, 0.15) is 46.0 Å². The van der Waals surface area contributed by atoms with E-state index in [4.69, 9.17) is 11.1 Å². The van der Waals surface area contributed by atoms with E-state index in [1.165, 1.54) is 32.2 Å². The second-order valence-corrected chi connectivity index (χ2v) is 6.36. The molecule has 0 spiro atoms. The first kappa shape index (κ1) is 12.9. The van der Waals surface area contributed by atoms with Gasteiger partial charge in [-0.25, -0.2) is 0 Å². The van der Waals surface area contributed by atoms with Gasteiger partial charge in [-0.1, -0.05) is 13.8 Å². The molecule has 0 bridgehead atoms. The summed E-state index contributed by atoms with van der Waals surface area (Å²) in [7, 11) is 0. The molecule has 0 aromatic rings. The molecule has 17 heavy (non-hydrogen) atoms. The summed E-state index contributed by atoms with van der Waals surface area (Å²) in [5.74, 6) is 2.44. The molecule has 3 N–H and O–H groups in total. The summed E-state index contributed by atoms with van der Waals surface area (Å²) < 4.78 is 0. The number of nitrogens with zero attached hydrogens (tertiary/aromatic N) is 1. The van der Waals surface area contributed by atoms with E-state index in [1.54, 1.807) is 0 Å². The van der Waals surface area contributed by atoms with Crippen LogP contribution in [0.5, 0.6) is 0 Å². The minimum absolute atomic E-state index is 0.316. The second kappa shape index (κ2) is 5.38. The largest absolute Gasteiger partial charge is 0.387 e. The van der Waals surface area contributed by atoms with Crippen molar-refractivity contribution in [3.8, 4) is 0 Å². The Hall–Kier alpha value is -0.570. The monoisotopic (exact) mass is 237 g/mol. The molecule has 1 heterocycles. The molecule has 3 nitrogen and oxygen atoms in total. The van der Waals surface area contributed by atoms with Crippen molar-refractivity contribution < 1.29 is 0 Å². The lowest BCUT2D eigenvalue weighted by atomic mass is 9.79. The van der Waals surface area contributed by atoms with E-state index in [-0.39, 0.29) is 0 Å². The highest BCUT2D eigenvalue weighted by atomic mass is 15.2. The number of rotatable bonds is 2. The van der Waals surface area contributed by atoms with Crippen molar-refractivity contribution >= 4 is 5.84 Å². The Labute approximate surface area is 105 Å². The molecule has 1 aliphatic heterocycles. The summed E-state index contributed by atoms with van der Waals surface area (Å²) in [6.45, 7) is 7.01. The van der Waals surface area contributed by atoms with E-state index in [2.05, 4.69) is 18.7 Å². The number of likely N-dealkylation sites (tertiary alicyclic amines) is 1. The van der Waals surface area contributed by atoms with Gasteiger partial charge >= 0.3 is 0 Å². The van der Waals surface area contributed by atoms with Crippen LogP contribution in [0.15, 0.2) is 0 Å². The number of nitrogens with one attached hydrogen (secondary N) is 1.